The van der Waals surface area contributed by atoms with E-state index in [4.69, 9.17) is 4.98 Å². The predicted molar refractivity (Wildman–Crippen MR) is 127 cm³/mol. The van der Waals surface area contributed by atoms with Gasteiger partial charge in [0.05, 0.1) is 16.7 Å². The summed E-state index contributed by atoms with van der Waals surface area (Å²) in [6.07, 6.45) is 1.83. The fraction of sp³-hybridized carbons (Fsp3) is 0. The first-order valence-electron chi connectivity index (χ1n) is 10.2. The van der Waals surface area contributed by atoms with Crippen molar-refractivity contribution < 1.29 is 5.11 Å². The molecular formula is C28H18N2O. The number of aromatic hydroxyl groups is 1. The Bertz CT molecular complexity index is 1580. The van der Waals surface area contributed by atoms with Crippen molar-refractivity contribution in [2.45, 2.75) is 0 Å². The number of para-hydroxylation sites is 2. The van der Waals surface area contributed by atoms with Gasteiger partial charge in [-0.3, -0.25) is 4.98 Å². The highest BCUT2D eigenvalue weighted by molar-refractivity contribution is 6.13. The lowest BCUT2D eigenvalue weighted by atomic mass is 9.97. The van der Waals surface area contributed by atoms with Crippen molar-refractivity contribution in [2.24, 2.45) is 0 Å². The van der Waals surface area contributed by atoms with Crippen molar-refractivity contribution in [3.05, 3.63) is 103 Å². The Kier molecular flexibility index (Phi) is 3.93. The second kappa shape index (κ2) is 6.92. The maximum absolute atomic E-state index is 10.6. The Morgan fingerprint density at radius 3 is 2.26 bits per heavy atom. The van der Waals surface area contributed by atoms with Gasteiger partial charge in [-0.05, 0) is 23.8 Å². The van der Waals surface area contributed by atoms with Crippen LogP contribution in [0.15, 0.2) is 103 Å². The van der Waals surface area contributed by atoms with E-state index in [1.165, 1.54) is 0 Å². The van der Waals surface area contributed by atoms with Crippen molar-refractivity contribution in [2.75, 3.05) is 0 Å². The number of fused-ring (bicyclic) bond motifs is 4. The van der Waals surface area contributed by atoms with Crippen LogP contribution in [0.4, 0.5) is 0 Å². The van der Waals surface area contributed by atoms with Crippen molar-refractivity contribution in [3.8, 4) is 28.1 Å². The average Bonchev–Trinajstić information content (AvgIpc) is 2.83. The molecule has 3 heteroatoms. The first kappa shape index (κ1) is 17.6. The van der Waals surface area contributed by atoms with Crippen molar-refractivity contribution in [3.63, 3.8) is 0 Å². The largest absolute Gasteiger partial charge is 0.507 e. The van der Waals surface area contributed by atoms with Crippen LogP contribution in [0.2, 0.25) is 0 Å². The topological polar surface area (TPSA) is 46.0 Å². The maximum Gasteiger partial charge on any atom is 0.124 e. The van der Waals surface area contributed by atoms with Crippen LogP contribution in [0.5, 0.6) is 5.75 Å². The van der Waals surface area contributed by atoms with E-state index < -0.39 is 0 Å². The summed E-state index contributed by atoms with van der Waals surface area (Å²) in [5, 5.41) is 14.5. The highest BCUT2D eigenvalue weighted by Gasteiger charge is 2.13. The van der Waals surface area contributed by atoms with Gasteiger partial charge in [-0.1, -0.05) is 78.9 Å². The molecule has 2 aromatic heterocycles. The molecule has 0 aliphatic heterocycles. The molecule has 6 aromatic rings. The van der Waals surface area contributed by atoms with Crippen LogP contribution in [0.1, 0.15) is 0 Å². The lowest BCUT2D eigenvalue weighted by Gasteiger charge is -2.12. The number of phenolic OH excluding ortho intramolecular Hbond substituents is 1. The Labute approximate surface area is 179 Å². The highest BCUT2D eigenvalue weighted by Crippen LogP contribution is 2.37. The van der Waals surface area contributed by atoms with Crippen LogP contribution in [0.3, 0.4) is 0 Å². The van der Waals surface area contributed by atoms with Gasteiger partial charge < -0.3 is 5.11 Å². The first-order chi connectivity index (χ1) is 15.3. The van der Waals surface area contributed by atoms with E-state index in [9.17, 15) is 5.11 Å². The second-order valence-electron chi connectivity index (χ2n) is 7.64. The van der Waals surface area contributed by atoms with Gasteiger partial charge >= 0.3 is 0 Å². The minimum Gasteiger partial charge on any atom is -0.507 e. The van der Waals surface area contributed by atoms with E-state index in [0.29, 0.717) is 0 Å². The molecule has 0 fully saturated rings. The lowest BCUT2D eigenvalue weighted by Crippen LogP contribution is -1.90. The number of rotatable bonds is 2. The summed E-state index contributed by atoms with van der Waals surface area (Å²) in [7, 11) is 0. The van der Waals surface area contributed by atoms with Crippen LogP contribution < -0.4 is 0 Å². The first-order valence-corrected chi connectivity index (χ1v) is 10.2. The minimum absolute atomic E-state index is 0.274. The number of aromatic nitrogens is 2. The smallest absolute Gasteiger partial charge is 0.124 e. The molecule has 0 spiro atoms. The SMILES string of the molecule is Oc1cccc2c(-c3ccc(-c4cccc5cccnc45)cc3)nc3ccccc3c12. The lowest BCUT2D eigenvalue weighted by molar-refractivity contribution is 0.482. The predicted octanol–water partition coefficient (Wildman–Crippen LogP) is 6.98. The Balaban J connectivity index is 1.55. The molecule has 0 aliphatic rings. The molecule has 0 radical (unpaired) electrons. The Hall–Kier alpha value is -4.24. The van der Waals surface area contributed by atoms with Gasteiger partial charge in [0.2, 0.25) is 0 Å². The zero-order valence-electron chi connectivity index (χ0n) is 16.7. The van der Waals surface area contributed by atoms with Crippen molar-refractivity contribution >= 4 is 32.6 Å². The molecule has 0 unspecified atom stereocenters. The molecule has 146 valence electrons. The normalized spacial score (nSPS) is 11.4. The molecule has 0 aliphatic carbocycles. The summed E-state index contributed by atoms with van der Waals surface area (Å²) in [6.45, 7) is 0. The molecule has 0 bridgehead atoms. The summed E-state index contributed by atoms with van der Waals surface area (Å²) in [5.41, 5.74) is 5.97. The van der Waals surface area contributed by atoms with Crippen LogP contribution >= 0.6 is 0 Å². The Morgan fingerprint density at radius 1 is 0.613 bits per heavy atom. The van der Waals surface area contributed by atoms with E-state index >= 15 is 0 Å². The molecule has 0 atom stereocenters. The summed E-state index contributed by atoms with van der Waals surface area (Å²) >= 11 is 0. The number of phenols is 1. The number of hydrogen-bond donors (Lipinski definition) is 1. The third-order valence-corrected chi connectivity index (χ3v) is 5.81. The van der Waals surface area contributed by atoms with Crippen LogP contribution in [-0.4, -0.2) is 15.1 Å². The molecule has 6 rings (SSSR count). The molecule has 31 heavy (non-hydrogen) atoms. The Morgan fingerprint density at radius 2 is 1.35 bits per heavy atom. The van der Waals surface area contributed by atoms with Gasteiger partial charge in [-0.2, -0.15) is 0 Å². The maximum atomic E-state index is 10.6. The van der Waals surface area contributed by atoms with Crippen molar-refractivity contribution in [1.82, 2.24) is 9.97 Å². The molecule has 4 aromatic carbocycles. The zero-order chi connectivity index (χ0) is 20.8. The quantitative estimate of drug-likeness (QED) is 0.320. The highest BCUT2D eigenvalue weighted by atomic mass is 16.3. The average molecular weight is 398 g/mol. The van der Waals surface area contributed by atoms with E-state index in [0.717, 1.165) is 55.0 Å². The molecule has 0 saturated heterocycles. The summed E-state index contributed by atoms with van der Waals surface area (Å²) < 4.78 is 0. The van der Waals surface area contributed by atoms with Gasteiger partial charge in [-0.25, -0.2) is 4.98 Å². The molecule has 1 N–H and O–H groups in total. The molecule has 2 heterocycles. The number of benzene rings is 4. The summed E-state index contributed by atoms with van der Waals surface area (Å²) in [5.74, 6) is 0.274. The van der Waals surface area contributed by atoms with Gasteiger partial charge in [-0.15, -0.1) is 0 Å². The second-order valence-corrected chi connectivity index (χ2v) is 7.64. The third kappa shape index (κ3) is 2.82. The van der Waals surface area contributed by atoms with Gasteiger partial charge in [0.15, 0.2) is 0 Å². The van der Waals surface area contributed by atoms with Gasteiger partial charge in [0.1, 0.15) is 5.75 Å². The van der Waals surface area contributed by atoms with E-state index in [-0.39, 0.29) is 5.75 Å². The number of pyridine rings is 2. The van der Waals surface area contributed by atoms with E-state index in [2.05, 4.69) is 53.5 Å². The van der Waals surface area contributed by atoms with Crippen LogP contribution in [0.25, 0.3) is 55.0 Å². The number of hydrogen-bond acceptors (Lipinski definition) is 3. The molecule has 3 nitrogen and oxygen atoms in total. The monoisotopic (exact) mass is 398 g/mol. The summed E-state index contributed by atoms with van der Waals surface area (Å²) in [6, 6.07) is 32.3. The molecule has 0 saturated carbocycles. The fourth-order valence-corrected chi connectivity index (χ4v) is 4.35. The van der Waals surface area contributed by atoms with E-state index in [1.54, 1.807) is 6.07 Å². The van der Waals surface area contributed by atoms with Gasteiger partial charge in [0, 0.05) is 38.9 Å². The summed E-state index contributed by atoms with van der Waals surface area (Å²) in [4.78, 5) is 9.53. The standard InChI is InChI=1S/C28H18N2O/c31-25-12-4-10-23-26(25)22-8-1-2-11-24(22)30-28(23)20-15-13-18(14-16-20)21-9-3-6-19-7-5-17-29-27(19)21/h1-17,31H. The van der Waals surface area contributed by atoms with Crippen LogP contribution in [-0.2, 0) is 0 Å². The van der Waals surface area contributed by atoms with E-state index in [1.807, 2.05) is 48.7 Å². The van der Waals surface area contributed by atoms with Crippen molar-refractivity contribution in [1.29, 1.82) is 0 Å². The molecule has 0 amide bonds. The van der Waals surface area contributed by atoms with Gasteiger partial charge in [0.25, 0.3) is 0 Å². The molecular weight excluding hydrogens is 380 g/mol. The van der Waals surface area contributed by atoms with Crippen LogP contribution in [0, 0.1) is 0 Å². The third-order valence-electron chi connectivity index (χ3n) is 5.81. The number of nitrogens with zero attached hydrogens (tertiary/aromatic N) is 2. The minimum atomic E-state index is 0.274. The fourth-order valence-electron chi connectivity index (χ4n) is 4.35. The zero-order valence-corrected chi connectivity index (χ0v) is 16.7.